The lowest BCUT2D eigenvalue weighted by Crippen LogP contribution is -2.29. The maximum Gasteiger partial charge on any atom is 0.334 e. The van der Waals surface area contributed by atoms with Crippen molar-refractivity contribution in [3.63, 3.8) is 0 Å². The van der Waals surface area contributed by atoms with Gasteiger partial charge in [-0.1, -0.05) is 13.2 Å². The van der Waals surface area contributed by atoms with Crippen molar-refractivity contribution in [1.82, 2.24) is 0 Å². The Hall–Kier alpha value is -2.68. The number of ether oxygens (including phenoxy) is 2. The Bertz CT molecular complexity index is 492. The van der Waals surface area contributed by atoms with E-state index >= 15 is 0 Å². The molecular formula is C13H16O9. The van der Waals surface area contributed by atoms with Gasteiger partial charge < -0.3 is 24.8 Å². The molecule has 1 atom stereocenters. The van der Waals surface area contributed by atoms with Gasteiger partial charge in [-0.25, -0.2) is 9.59 Å². The van der Waals surface area contributed by atoms with E-state index in [9.17, 15) is 19.2 Å². The molecule has 0 heterocycles. The van der Waals surface area contributed by atoms with Crippen LogP contribution >= 0.6 is 0 Å². The van der Waals surface area contributed by atoms with Gasteiger partial charge in [0.15, 0.2) is 6.10 Å². The summed E-state index contributed by atoms with van der Waals surface area (Å²) in [5.41, 5.74) is -0.654. The van der Waals surface area contributed by atoms with Crippen LogP contribution < -0.4 is 0 Å². The number of aliphatic carboxylic acids is 2. The molecule has 22 heavy (non-hydrogen) atoms. The van der Waals surface area contributed by atoms with Gasteiger partial charge in [0.05, 0.1) is 19.4 Å². The highest BCUT2D eigenvalue weighted by atomic mass is 16.6. The zero-order valence-corrected chi connectivity index (χ0v) is 11.6. The van der Waals surface area contributed by atoms with Gasteiger partial charge in [-0.3, -0.25) is 9.59 Å². The maximum atomic E-state index is 11.4. The predicted molar refractivity (Wildman–Crippen MR) is 70.7 cm³/mol. The van der Waals surface area contributed by atoms with Gasteiger partial charge in [0.25, 0.3) is 0 Å². The Morgan fingerprint density at radius 1 is 0.909 bits per heavy atom. The van der Waals surface area contributed by atoms with Crippen LogP contribution in [0, 0.1) is 0 Å². The van der Waals surface area contributed by atoms with Crippen LogP contribution in [0.3, 0.4) is 0 Å². The monoisotopic (exact) mass is 316 g/mol. The molecule has 0 saturated heterocycles. The van der Waals surface area contributed by atoms with Crippen LogP contribution in [0.1, 0.15) is 12.8 Å². The molecule has 0 rings (SSSR count). The molecule has 0 aromatic rings. The number of esters is 2. The second-order valence-corrected chi connectivity index (χ2v) is 4.16. The highest BCUT2D eigenvalue weighted by molar-refractivity contribution is 5.93. The van der Waals surface area contributed by atoms with Crippen LogP contribution in [0.15, 0.2) is 24.3 Å². The normalized spacial score (nSPS) is 11.1. The second-order valence-electron chi connectivity index (χ2n) is 4.16. The summed E-state index contributed by atoms with van der Waals surface area (Å²) in [7, 11) is 0. The van der Waals surface area contributed by atoms with Gasteiger partial charge in [0.2, 0.25) is 0 Å². The number of aliphatic hydroxyl groups excluding tert-OH is 1. The topological polar surface area (TPSA) is 147 Å². The Morgan fingerprint density at radius 2 is 1.36 bits per heavy atom. The minimum atomic E-state index is -1.28. The van der Waals surface area contributed by atoms with Crippen molar-refractivity contribution in [3.05, 3.63) is 24.3 Å². The fourth-order valence-corrected chi connectivity index (χ4v) is 1.14. The van der Waals surface area contributed by atoms with Gasteiger partial charge in [-0.2, -0.15) is 0 Å². The summed E-state index contributed by atoms with van der Waals surface area (Å²) in [6.45, 7) is 5.20. The lowest BCUT2D eigenvalue weighted by molar-refractivity contribution is -0.157. The number of rotatable bonds is 10. The van der Waals surface area contributed by atoms with Crippen LogP contribution in [-0.2, 0) is 28.7 Å². The lowest BCUT2D eigenvalue weighted by atomic mass is 10.2. The first kappa shape index (κ1) is 19.3. The van der Waals surface area contributed by atoms with E-state index in [1.807, 2.05) is 0 Å². The molecule has 0 fully saturated rings. The average Bonchev–Trinajstić information content (AvgIpc) is 2.40. The highest BCUT2D eigenvalue weighted by Gasteiger charge is 2.20. The number of hydrogen-bond donors (Lipinski definition) is 3. The Balaban J connectivity index is 4.38. The van der Waals surface area contributed by atoms with Crippen molar-refractivity contribution in [2.45, 2.75) is 18.9 Å². The fraction of sp³-hybridized carbons (Fsp3) is 0.385. The molecule has 0 aromatic heterocycles. The van der Waals surface area contributed by atoms with E-state index in [1.54, 1.807) is 0 Å². The molecule has 0 aliphatic rings. The molecule has 9 nitrogen and oxygen atoms in total. The molecule has 9 heteroatoms. The Labute approximate surface area is 125 Å². The molecule has 122 valence electrons. The first-order valence-electron chi connectivity index (χ1n) is 5.95. The Kier molecular flexibility index (Phi) is 8.16. The molecule has 1 unspecified atom stereocenters. The fourth-order valence-electron chi connectivity index (χ4n) is 1.14. The molecular weight excluding hydrogens is 300 g/mol. The number of carboxylic acid groups (broad SMARTS) is 2. The summed E-state index contributed by atoms with van der Waals surface area (Å²) < 4.78 is 9.33. The van der Waals surface area contributed by atoms with Gasteiger partial charge in [-0.15, -0.1) is 0 Å². The van der Waals surface area contributed by atoms with Gasteiger partial charge in [-0.05, 0) is 0 Å². The van der Waals surface area contributed by atoms with Crippen LogP contribution in [0.4, 0.5) is 0 Å². The number of carboxylic acids is 2. The molecule has 0 aliphatic carbocycles. The lowest BCUT2D eigenvalue weighted by Gasteiger charge is -2.16. The van der Waals surface area contributed by atoms with E-state index in [4.69, 9.17) is 20.1 Å². The smallest absolute Gasteiger partial charge is 0.334 e. The predicted octanol–water partition coefficient (Wildman–Crippen LogP) is -0.504. The maximum absolute atomic E-state index is 11.4. The summed E-state index contributed by atoms with van der Waals surface area (Å²) in [6, 6.07) is 0. The van der Waals surface area contributed by atoms with E-state index in [-0.39, 0.29) is 11.1 Å². The van der Waals surface area contributed by atoms with Crippen LogP contribution in [0.25, 0.3) is 0 Å². The standard InChI is InChI=1S/C13H16O9/c1-7(3-10(15)16)12(19)21-6-9(5-14)22-13(20)8(2)4-11(17)18/h9,14H,1-6H2,(H,15,16)(H,17,18). The third kappa shape index (κ3) is 7.80. The van der Waals surface area contributed by atoms with Crippen molar-refractivity contribution in [2.24, 2.45) is 0 Å². The number of hydrogen-bond acceptors (Lipinski definition) is 7. The van der Waals surface area contributed by atoms with E-state index in [1.165, 1.54) is 0 Å². The highest BCUT2D eigenvalue weighted by Crippen LogP contribution is 2.06. The molecule has 0 spiro atoms. The SMILES string of the molecule is C=C(CC(=O)O)C(=O)OCC(CO)OC(=O)C(=C)CC(=O)O. The summed E-state index contributed by atoms with van der Waals surface area (Å²) >= 11 is 0. The largest absolute Gasteiger partial charge is 0.481 e. The molecule has 0 radical (unpaired) electrons. The molecule has 0 aromatic carbocycles. The van der Waals surface area contributed by atoms with Crippen molar-refractivity contribution >= 4 is 23.9 Å². The van der Waals surface area contributed by atoms with Crippen LogP contribution in [0.2, 0.25) is 0 Å². The van der Waals surface area contributed by atoms with E-state index in [0.717, 1.165) is 0 Å². The molecule has 3 N–H and O–H groups in total. The van der Waals surface area contributed by atoms with Crippen LogP contribution in [-0.4, -0.2) is 58.5 Å². The van der Waals surface area contributed by atoms with E-state index in [2.05, 4.69) is 17.9 Å². The third-order valence-corrected chi connectivity index (χ3v) is 2.18. The quantitative estimate of drug-likeness (QED) is 0.358. The number of carbonyl (C=O) groups is 4. The average molecular weight is 316 g/mol. The Morgan fingerprint density at radius 3 is 1.77 bits per heavy atom. The van der Waals surface area contributed by atoms with Gasteiger partial charge in [0, 0.05) is 11.1 Å². The summed E-state index contributed by atoms with van der Waals surface area (Å²) in [5.74, 6) is -4.61. The first-order chi connectivity index (χ1) is 10.2. The zero-order valence-electron chi connectivity index (χ0n) is 11.6. The van der Waals surface area contributed by atoms with Crippen LogP contribution in [0.5, 0.6) is 0 Å². The van der Waals surface area contributed by atoms with Crippen molar-refractivity contribution in [2.75, 3.05) is 13.2 Å². The van der Waals surface area contributed by atoms with Gasteiger partial charge >= 0.3 is 23.9 Å². The van der Waals surface area contributed by atoms with E-state index in [0.29, 0.717) is 0 Å². The third-order valence-electron chi connectivity index (χ3n) is 2.18. The summed E-state index contributed by atoms with van der Waals surface area (Å²) in [6.07, 6.45) is -2.48. The zero-order chi connectivity index (χ0) is 17.3. The minimum absolute atomic E-state index is 0.314. The molecule has 0 amide bonds. The number of carbonyl (C=O) groups excluding carboxylic acids is 2. The minimum Gasteiger partial charge on any atom is -0.481 e. The van der Waals surface area contributed by atoms with E-state index < -0.39 is 56.0 Å². The first-order valence-corrected chi connectivity index (χ1v) is 5.95. The van der Waals surface area contributed by atoms with Crippen molar-refractivity contribution < 1.29 is 44.0 Å². The number of aliphatic hydroxyl groups is 1. The van der Waals surface area contributed by atoms with Crippen molar-refractivity contribution in [3.8, 4) is 0 Å². The van der Waals surface area contributed by atoms with Crippen molar-refractivity contribution in [1.29, 1.82) is 0 Å². The van der Waals surface area contributed by atoms with Gasteiger partial charge in [0.1, 0.15) is 6.61 Å². The second kappa shape index (κ2) is 9.29. The summed E-state index contributed by atoms with van der Waals surface area (Å²) in [4.78, 5) is 43.6. The molecule has 0 saturated carbocycles. The molecule has 0 aliphatic heterocycles. The summed E-state index contributed by atoms with van der Waals surface area (Å²) in [5, 5.41) is 26.0. The molecule has 0 bridgehead atoms.